The van der Waals surface area contributed by atoms with Gasteiger partial charge < -0.3 is 0 Å². The molecular formula is C20H22. The van der Waals surface area contributed by atoms with E-state index in [1.807, 2.05) is 12.1 Å². The summed E-state index contributed by atoms with van der Waals surface area (Å²) >= 11 is 0. The minimum Gasteiger partial charge on any atom is -0.0837 e. The van der Waals surface area contributed by atoms with Gasteiger partial charge in [-0.25, -0.2) is 0 Å². The molecule has 0 heteroatoms. The van der Waals surface area contributed by atoms with Crippen molar-refractivity contribution in [3.05, 3.63) is 83.9 Å². The standard InChI is InChI=1S/C20H22/c1-18(10-8-16-19-12-4-2-5-13-19)11-9-17-20-14-6-3-7-15-20/h2-9,12-18H,10-11H2,1H3/b16-8+,17-9+. The fourth-order valence-corrected chi connectivity index (χ4v) is 2.10. The summed E-state index contributed by atoms with van der Waals surface area (Å²) in [5, 5.41) is 0. The maximum atomic E-state index is 2.30. The Bertz CT molecular complexity index is 483. The van der Waals surface area contributed by atoms with Gasteiger partial charge in [0.05, 0.1) is 0 Å². The quantitative estimate of drug-likeness (QED) is 0.614. The molecular weight excluding hydrogens is 240 g/mol. The zero-order valence-corrected chi connectivity index (χ0v) is 12.1. The van der Waals surface area contributed by atoms with Crippen LogP contribution in [0.2, 0.25) is 0 Å². The fraction of sp³-hybridized carbons (Fsp3) is 0.200. The third kappa shape index (κ3) is 5.27. The highest BCUT2D eigenvalue weighted by atomic mass is 14.0. The van der Waals surface area contributed by atoms with Crippen LogP contribution in [0.4, 0.5) is 0 Å². The summed E-state index contributed by atoms with van der Waals surface area (Å²) in [5.74, 6) is 0.676. The first-order chi connectivity index (χ1) is 9.84. The van der Waals surface area contributed by atoms with Crippen molar-refractivity contribution < 1.29 is 0 Å². The van der Waals surface area contributed by atoms with E-state index in [9.17, 15) is 0 Å². The van der Waals surface area contributed by atoms with Crippen LogP contribution in [0.3, 0.4) is 0 Å². The van der Waals surface area contributed by atoms with E-state index in [0.29, 0.717) is 5.92 Å². The van der Waals surface area contributed by atoms with Gasteiger partial charge in [0.25, 0.3) is 0 Å². The molecule has 0 unspecified atom stereocenters. The predicted octanol–water partition coefficient (Wildman–Crippen LogP) is 5.83. The van der Waals surface area contributed by atoms with Crippen LogP contribution in [0.15, 0.2) is 72.8 Å². The van der Waals surface area contributed by atoms with E-state index in [-0.39, 0.29) is 0 Å². The van der Waals surface area contributed by atoms with E-state index in [1.54, 1.807) is 0 Å². The van der Waals surface area contributed by atoms with Crippen LogP contribution in [0.1, 0.15) is 30.9 Å². The molecule has 0 fully saturated rings. The van der Waals surface area contributed by atoms with Gasteiger partial charge in [-0.05, 0) is 29.9 Å². The second-order valence-corrected chi connectivity index (χ2v) is 5.20. The average Bonchev–Trinajstić information content (AvgIpc) is 2.49. The van der Waals surface area contributed by atoms with E-state index in [2.05, 4.69) is 79.8 Å². The Morgan fingerprint density at radius 2 is 1.10 bits per heavy atom. The first-order valence-electron chi connectivity index (χ1n) is 7.28. The van der Waals surface area contributed by atoms with Gasteiger partial charge in [0.15, 0.2) is 0 Å². The maximum Gasteiger partial charge on any atom is -0.0260 e. The highest BCUT2D eigenvalue weighted by Gasteiger charge is 1.96. The highest BCUT2D eigenvalue weighted by Crippen LogP contribution is 2.12. The fourth-order valence-electron chi connectivity index (χ4n) is 2.10. The summed E-state index contributed by atoms with van der Waals surface area (Å²) in [7, 11) is 0. The van der Waals surface area contributed by atoms with Crippen molar-refractivity contribution in [1.29, 1.82) is 0 Å². The van der Waals surface area contributed by atoms with E-state index >= 15 is 0 Å². The lowest BCUT2D eigenvalue weighted by Crippen LogP contribution is -1.89. The third-order valence-corrected chi connectivity index (χ3v) is 3.30. The molecule has 0 heterocycles. The van der Waals surface area contributed by atoms with E-state index < -0.39 is 0 Å². The van der Waals surface area contributed by atoms with Crippen molar-refractivity contribution in [2.75, 3.05) is 0 Å². The van der Waals surface area contributed by atoms with Crippen LogP contribution >= 0.6 is 0 Å². The normalized spacial score (nSPS) is 11.7. The van der Waals surface area contributed by atoms with Gasteiger partial charge in [-0.3, -0.25) is 0 Å². The van der Waals surface area contributed by atoms with Crippen LogP contribution in [0.5, 0.6) is 0 Å². The molecule has 0 radical (unpaired) electrons. The minimum atomic E-state index is 0.676. The Morgan fingerprint density at radius 3 is 1.50 bits per heavy atom. The van der Waals surface area contributed by atoms with E-state index in [0.717, 1.165) is 12.8 Å². The lowest BCUT2D eigenvalue weighted by molar-refractivity contribution is 0.605. The molecule has 102 valence electrons. The van der Waals surface area contributed by atoms with Crippen LogP contribution in [0, 0.1) is 5.92 Å². The van der Waals surface area contributed by atoms with E-state index in [4.69, 9.17) is 0 Å². The topological polar surface area (TPSA) is 0 Å². The zero-order valence-electron chi connectivity index (χ0n) is 12.1. The summed E-state index contributed by atoms with van der Waals surface area (Å²) in [6, 6.07) is 20.9. The van der Waals surface area contributed by atoms with Crippen molar-refractivity contribution in [2.45, 2.75) is 19.8 Å². The van der Waals surface area contributed by atoms with Crippen LogP contribution in [0.25, 0.3) is 12.2 Å². The van der Waals surface area contributed by atoms with Crippen LogP contribution in [-0.4, -0.2) is 0 Å². The Morgan fingerprint density at radius 1 is 0.700 bits per heavy atom. The lowest BCUT2D eigenvalue weighted by Gasteiger charge is -2.04. The summed E-state index contributed by atoms with van der Waals surface area (Å²) in [5.41, 5.74) is 2.55. The maximum absolute atomic E-state index is 2.30. The summed E-state index contributed by atoms with van der Waals surface area (Å²) in [6.07, 6.45) is 11.2. The van der Waals surface area contributed by atoms with Gasteiger partial charge in [0, 0.05) is 0 Å². The van der Waals surface area contributed by atoms with Gasteiger partial charge in [0.2, 0.25) is 0 Å². The predicted molar refractivity (Wildman–Crippen MR) is 89.4 cm³/mol. The average molecular weight is 262 g/mol. The van der Waals surface area contributed by atoms with Crippen molar-refractivity contribution in [3.8, 4) is 0 Å². The molecule has 2 aromatic carbocycles. The minimum absolute atomic E-state index is 0.676. The van der Waals surface area contributed by atoms with Gasteiger partial charge in [0.1, 0.15) is 0 Å². The summed E-state index contributed by atoms with van der Waals surface area (Å²) in [6.45, 7) is 2.30. The zero-order chi connectivity index (χ0) is 14.0. The molecule has 2 rings (SSSR count). The van der Waals surface area contributed by atoms with Crippen molar-refractivity contribution in [2.24, 2.45) is 5.92 Å². The number of rotatable bonds is 6. The second-order valence-electron chi connectivity index (χ2n) is 5.20. The number of hydrogen-bond donors (Lipinski definition) is 0. The first kappa shape index (κ1) is 14.3. The Kier molecular flexibility index (Phi) is 5.85. The largest absolute Gasteiger partial charge is 0.0837 e. The van der Waals surface area contributed by atoms with Gasteiger partial charge >= 0.3 is 0 Å². The van der Waals surface area contributed by atoms with Crippen LogP contribution < -0.4 is 0 Å². The SMILES string of the molecule is CC(C/C=C/c1ccccc1)C/C=C/c1ccccc1. The third-order valence-electron chi connectivity index (χ3n) is 3.30. The van der Waals surface area contributed by atoms with Gasteiger partial charge in [-0.2, -0.15) is 0 Å². The summed E-state index contributed by atoms with van der Waals surface area (Å²) < 4.78 is 0. The lowest BCUT2D eigenvalue weighted by atomic mass is 10.0. The molecule has 0 aliphatic carbocycles. The molecule has 0 atom stereocenters. The Labute approximate surface area is 122 Å². The summed E-state index contributed by atoms with van der Waals surface area (Å²) in [4.78, 5) is 0. The molecule has 0 amide bonds. The molecule has 0 aliphatic heterocycles. The molecule has 0 bridgehead atoms. The van der Waals surface area contributed by atoms with Gasteiger partial charge in [-0.15, -0.1) is 0 Å². The monoisotopic (exact) mass is 262 g/mol. The van der Waals surface area contributed by atoms with Crippen molar-refractivity contribution in [3.63, 3.8) is 0 Å². The molecule has 0 aromatic heterocycles. The molecule has 0 N–H and O–H groups in total. The number of benzene rings is 2. The first-order valence-corrected chi connectivity index (χ1v) is 7.28. The van der Waals surface area contributed by atoms with Crippen molar-refractivity contribution >= 4 is 12.2 Å². The molecule has 0 aliphatic rings. The molecule has 20 heavy (non-hydrogen) atoms. The van der Waals surface area contributed by atoms with Crippen molar-refractivity contribution in [1.82, 2.24) is 0 Å². The Balaban J connectivity index is 1.74. The molecule has 0 saturated carbocycles. The molecule has 0 saturated heterocycles. The van der Waals surface area contributed by atoms with Gasteiger partial charge in [-0.1, -0.05) is 91.9 Å². The number of allylic oxidation sites excluding steroid dienone is 2. The van der Waals surface area contributed by atoms with Crippen LogP contribution in [-0.2, 0) is 0 Å². The molecule has 0 nitrogen and oxygen atoms in total. The molecule has 2 aromatic rings. The second kappa shape index (κ2) is 8.16. The highest BCUT2D eigenvalue weighted by molar-refractivity contribution is 5.49. The molecule has 0 spiro atoms. The Hall–Kier alpha value is -2.08. The van der Waals surface area contributed by atoms with E-state index in [1.165, 1.54) is 11.1 Å². The number of hydrogen-bond acceptors (Lipinski definition) is 0. The smallest absolute Gasteiger partial charge is 0.0260 e.